The van der Waals surface area contributed by atoms with Gasteiger partial charge in [-0.05, 0) is 18.9 Å². The molecular formula is C9H12O2S. The molecule has 1 rings (SSSR count). The van der Waals surface area contributed by atoms with Crippen molar-refractivity contribution in [3.63, 3.8) is 0 Å². The summed E-state index contributed by atoms with van der Waals surface area (Å²) in [5, 5.41) is 0.171. The monoisotopic (exact) mass is 184 g/mol. The number of allylic oxidation sites excluding steroid dienone is 1. The fourth-order valence-corrected chi connectivity index (χ4v) is 2.16. The Labute approximate surface area is 76.4 Å². The van der Waals surface area contributed by atoms with Gasteiger partial charge in [0.2, 0.25) is 0 Å². The van der Waals surface area contributed by atoms with Gasteiger partial charge in [-0.15, -0.1) is 0 Å². The predicted octanol–water partition coefficient (Wildman–Crippen LogP) is 1.80. The van der Waals surface area contributed by atoms with Gasteiger partial charge in [0, 0.05) is 18.1 Å². The zero-order chi connectivity index (χ0) is 9.14. The molecule has 0 N–H and O–H groups in total. The molecule has 1 aliphatic rings. The van der Waals surface area contributed by atoms with Gasteiger partial charge < -0.3 is 0 Å². The second-order valence-electron chi connectivity index (χ2n) is 3.06. The second kappa shape index (κ2) is 3.90. The summed E-state index contributed by atoms with van der Waals surface area (Å²) in [6.07, 6.45) is 1.21. The van der Waals surface area contributed by atoms with Gasteiger partial charge in [-0.2, -0.15) is 0 Å². The number of carbonyl (C=O) groups excluding carboxylic acids is 2. The highest BCUT2D eigenvalue weighted by Crippen LogP contribution is 2.28. The van der Waals surface area contributed by atoms with E-state index in [-0.39, 0.29) is 16.8 Å². The molecule has 1 atom stereocenters. The number of carbonyl (C=O) groups is 2. The van der Waals surface area contributed by atoms with Crippen LogP contribution in [0.2, 0.25) is 0 Å². The van der Waals surface area contributed by atoms with Crippen LogP contribution >= 0.6 is 11.8 Å². The molecule has 0 radical (unpaired) electrons. The van der Waals surface area contributed by atoms with Gasteiger partial charge in [0.25, 0.3) is 0 Å². The Morgan fingerprint density at radius 3 is 2.83 bits per heavy atom. The molecule has 2 nitrogen and oxygen atoms in total. The summed E-state index contributed by atoms with van der Waals surface area (Å²) in [6.45, 7) is 5.24. The highest BCUT2D eigenvalue weighted by Gasteiger charge is 2.27. The molecule has 0 aromatic rings. The quantitative estimate of drug-likeness (QED) is 0.627. The molecule has 1 aliphatic heterocycles. The van der Waals surface area contributed by atoms with Crippen LogP contribution in [0.1, 0.15) is 19.8 Å². The predicted molar refractivity (Wildman–Crippen MR) is 50.0 cm³/mol. The van der Waals surface area contributed by atoms with Gasteiger partial charge in [-0.3, -0.25) is 9.59 Å². The van der Waals surface area contributed by atoms with Gasteiger partial charge in [0.15, 0.2) is 10.9 Å². The highest BCUT2D eigenvalue weighted by molar-refractivity contribution is 8.14. The van der Waals surface area contributed by atoms with E-state index in [9.17, 15) is 9.59 Å². The lowest BCUT2D eigenvalue weighted by Crippen LogP contribution is -2.11. The van der Waals surface area contributed by atoms with Crippen LogP contribution in [-0.2, 0) is 9.59 Å². The van der Waals surface area contributed by atoms with Gasteiger partial charge in [0.05, 0.1) is 0 Å². The molecule has 0 bridgehead atoms. The minimum Gasteiger partial charge on any atom is -0.295 e. The Bertz CT molecular complexity index is 233. The Kier molecular flexibility index (Phi) is 3.09. The van der Waals surface area contributed by atoms with E-state index in [1.165, 1.54) is 11.8 Å². The molecule has 0 saturated carbocycles. The van der Waals surface area contributed by atoms with Gasteiger partial charge in [-0.25, -0.2) is 0 Å². The summed E-state index contributed by atoms with van der Waals surface area (Å²) in [6, 6.07) is 0. The van der Waals surface area contributed by atoms with Crippen LogP contribution in [0.5, 0.6) is 0 Å². The van der Waals surface area contributed by atoms with E-state index >= 15 is 0 Å². The maximum absolute atomic E-state index is 11.2. The third-order valence-electron chi connectivity index (χ3n) is 1.95. The number of thioether (sulfide) groups is 1. The van der Waals surface area contributed by atoms with Crippen molar-refractivity contribution in [3.8, 4) is 0 Å². The summed E-state index contributed by atoms with van der Waals surface area (Å²) in [4.78, 5) is 22.3. The molecule has 1 unspecified atom stereocenters. The molecule has 12 heavy (non-hydrogen) atoms. The molecule has 0 aromatic heterocycles. The number of Topliss-reactive ketones (excluding diaryl/α,β-unsaturated/α-hetero) is 1. The van der Waals surface area contributed by atoms with Crippen LogP contribution in [-0.4, -0.2) is 16.7 Å². The van der Waals surface area contributed by atoms with Crippen LogP contribution in [0.25, 0.3) is 0 Å². The Morgan fingerprint density at radius 1 is 1.75 bits per heavy atom. The van der Waals surface area contributed by atoms with Gasteiger partial charge in [0.1, 0.15) is 0 Å². The molecule has 1 heterocycles. The number of ketones is 1. The lowest BCUT2D eigenvalue weighted by atomic mass is 9.99. The van der Waals surface area contributed by atoms with Crippen LogP contribution in [0.3, 0.4) is 0 Å². The standard InChI is InChI=1S/C9H12O2S/c1-6(2)8(10)5-7-3-4-12-9(7)11/h7H,1,3-5H2,2H3. The van der Waals surface area contributed by atoms with Gasteiger partial charge in [-0.1, -0.05) is 18.3 Å². The van der Waals surface area contributed by atoms with E-state index in [1.54, 1.807) is 6.92 Å². The highest BCUT2D eigenvalue weighted by atomic mass is 32.2. The number of hydrogen-bond donors (Lipinski definition) is 0. The molecule has 66 valence electrons. The third kappa shape index (κ3) is 2.21. The van der Waals surface area contributed by atoms with Crippen molar-refractivity contribution in [2.24, 2.45) is 5.92 Å². The van der Waals surface area contributed by atoms with E-state index in [1.807, 2.05) is 0 Å². The minimum absolute atomic E-state index is 0.0239. The first-order chi connectivity index (χ1) is 5.61. The largest absolute Gasteiger partial charge is 0.295 e. The van der Waals surface area contributed by atoms with Crippen LogP contribution < -0.4 is 0 Å². The van der Waals surface area contributed by atoms with E-state index < -0.39 is 0 Å². The maximum atomic E-state index is 11.2. The minimum atomic E-state index is -0.0424. The third-order valence-corrected chi connectivity index (χ3v) is 3.01. The molecule has 0 spiro atoms. The van der Waals surface area contributed by atoms with Gasteiger partial charge >= 0.3 is 0 Å². The SMILES string of the molecule is C=C(C)C(=O)CC1CCSC1=O. The van der Waals surface area contributed by atoms with Crippen molar-refractivity contribution in [1.82, 2.24) is 0 Å². The Hall–Kier alpha value is -0.570. The van der Waals surface area contributed by atoms with Crippen molar-refractivity contribution in [2.75, 3.05) is 5.75 Å². The first-order valence-corrected chi connectivity index (χ1v) is 4.95. The first-order valence-electron chi connectivity index (χ1n) is 3.96. The Morgan fingerprint density at radius 2 is 2.42 bits per heavy atom. The number of hydrogen-bond acceptors (Lipinski definition) is 3. The van der Waals surface area contributed by atoms with Crippen LogP contribution in [0.15, 0.2) is 12.2 Å². The molecule has 0 aliphatic carbocycles. The average molecular weight is 184 g/mol. The van der Waals surface area contributed by atoms with Crippen molar-refractivity contribution >= 4 is 22.7 Å². The second-order valence-corrected chi connectivity index (χ2v) is 4.16. The summed E-state index contributed by atoms with van der Waals surface area (Å²) in [5.74, 6) is 0.850. The van der Waals surface area contributed by atoms with E-state index in [2.05, 4.69) is 6.58 Å². The fourth-order valence-electron chi connectivity index (χ4n) is 1.12. The fraction of sp³-hybridized carbons (Fsp3) is 0.556. The van der Waals surface area contributed by atoms with Crippen LogP contribution in [0, 0.1) is 5.92 Å². The summed E-state index contributed by atoms with van der Waals surface area (Å²) >= 11 is 1.34. The Balaban J connectivity index is 2.46. The van der Waals surface area contributed by atoms with Crippen molar-refractivity contribution < 1.29 is 9.59 Å². The van der Waals surface area contributed by atoms with E-state index in [4.69, 9.17) is 0 Å². The van der Waals surface area contributed by atoms with Crippen molar-refractivity contribution in [2.45, 2.75) is 19.8 Å². The van der Waals surface area contributed by atoms with Crippen molar-refractivity contribution in [1.29, 1.82) is 0 Å². The van der Waals surface area contributed by atoms with Crippen LogP contribution in [0.4, 0.5) is 0 Å². The zero-order valence-corrected chi connectivity index (χ0v) is 7.95. The molecule has 0 amide bonds. The maximum Gasteiger partial charge on any atom is 0.192 e. The summed E-state index contributed by atoms with van der Waals surface area (Å²) < 4.78 is 0. The first kappa shape index (κ1) is 9.52. The molecule has 3 heteroatoms. The molecule has 1 saturated heterocycles. The molecule has 1 fully saturated rings. The molecule has 0 aromatic carbocycles. The average Bonchev–Trinajstić information content (AvgIpc) is 2.36. The normalized spacial score (nSPS) is 22.8. The van der Waals surface area contributed by atoms with E-state index in [0.29, 0.717) is 12.0 Å². The smallest absolute Gasteiger partial charge is 0.192 e. The number of rotatable bonds is 3. The zero-order valence-electron chi connectivity index (χ0n) is 7.13. The van der Waals surface area contributed by atoms with E-state index in [0.717, 1.165) is 12.2 Å². The lowest BCUT2D eigenvalue weighted by molar-refractivity contribution is -0.121. The summed E-state index contributed by atoms with van der Waals surface area (Å²) in [7, 11) is 0. The molecular weight excluding hydrogens is 172 g/mol. The lowest BCUT2D eigenvalue weighted by Gasteiger charge is -2.04. The topological polar surface area (TPSA) is 34.1 Å². The summed E-state index contributed by atoms with van der Waals surface area (Å²) in [5.41, 5.74) is 0.555. The van der Waals surface area contributed by atoms with Crippen molar-refractivity contribution in [3.05, 3.63) is 12.2 Å².